The Morgan fingerprint density at radius 3 is 2.31 bits per heavy atom. The molecule has 0 saturated carbocycles. The summed E-state index contributed by atoms with van der Waals surface area (Å²) in [5.74, 6) is 0.0806. The van der Waals surface area contributed by atoms with Crippen LogP contribution in [0.2, 0.25) is 5.02 Å². The van der Waals surface area contributed by atoms with Crippen LogP contribution in [0.25, 0.3) is 0 Å². The van der Waals surface area contributed by atoms with E-state index >= 15 is 0 Å². The van der Waals surface area contributed by atoms with Gasteiger partial charge < -0.3 is 30.2 Å². The summed E-state index contributed by atoms with van der Waals surface area (Å²) in [7, 11) is 4.66. The van der Waals surface area contributed by atoms with E-state index in [2.05, 4.69) is 5.32 Å². The lowest BCUT2D eigenvalue weighted by molar-refractivity contribution is -0.152. The minimum Gasteiger partial charge on any atom is -0.493 e. The molecular weight excluding hydrogens is 438 g/mol. The fraction of sp³-hybridized carbons (Fsp3) is 0.318. The number of carbonyl (C=O) groups excluding carboxylic acids is 3. The van der Waals surface area contributed by atoms with Crippen LogP contribution in [-0.4, -0.2) is 50.7 Å². The molecule has 0 spiro atoms. The number of ether oxygens (including phenoxy) is 3. The molecule has 32 heavy (non-hydrogen) atoms. The number of primary amides is 1. The van der Waals surface area contributed by atoms with E-state index in [0.29, 0.717) is 22.1 Å². The summed E-state index contributed by atoms with van der Waals surface area (Å²) in [6.45, 7) is -0.153. The predicted octanol–water partition coefficient (Wildman–Crippen LogP) is 2.66. The van der Waals surface area contributed by atoms with Gasteiger partial charge in [-0.25, -0.2) is 4.79 Å². The maximum absolute atomic E-state index is 12.4. The van der Waals surface area contributed by atoms with Gasteiger partial charge in [-0.1, -0.05) is 29.8 Å². The highest BCUT2D eigenvalue weighted by atomic mass is 35.5. The van der Waals surface area contributed by atoms with Crippen molar-refractivity contribution in [3.63, 3.8) is 0 Å². The van der Waals surface area contributed by atoms with Crippen molar-refractivity contribution in [3.05, 3.63) is 58.6 Å². The fourth-order valence-electron chi connectivity index (χ4n) is 2.94. The Labute approximate surface area is 191 Å². The fourth-order valence-corrected chi connectivity index (χ4v) is 3.06. The minimum absolute atomic E-state index is 0.197. The first-order chi connectivity index (χ1) is 15.2. The van der Waals surface area contributed by atoms with Gasteiger partial charge in [0.25, 0.3) is 5.91 Å². The molecule has 0 fully saturated rings. The van der Waals surface area contributed by atoms with Gasteiger partial charge in [0, 0.05) is 18.6 Å². The molecule has 1 atom stereocenters. The van der Waals surface area contributed by atoms with Gasteiger partial charge in [0.2, 0.25) is 0 Å². The van der Waals surface area contributed by atoms with E-state index in [9.17, 15) is 14.4 Å². The Kier molecular flexibility index (Phi) is 9.15. The van der Waals surface area contributed by atoms with Crippen molar-refractivity contribution < 1.29 is 28.6 Å². The highest BCUT2D eigenvalue weighted by Gasteiger charge is 2.20. The number of halogens is 1. The Balaban J connectivity index is 1.92. The molecule has 9 nitrogen and oxygen atoms in total. The number of nitrogens with one attached hydrogen (secondary N) is 1. The Bertz CT molecular complexity index is 951. The maximum atomic E-state index is 12.4. The van der Waals surface area contributed by atoms with Gasteiger partial charge in [0.15, 0.2) is 18.1 Å². The van der Waals surface area contributed by atoms with E-state index in [4.69, 9.17) is 31.5 Å². The van der Waals surface area contributed by atoms with E-state index in [0.717, 1.165) is 5.56 Å². The number of carbonyl (C=O) groups is 3. The van der Waals surface area contributed by atoms with Crippen molar-refractivity contribution >= 4 is 29.5 Å². The van der Waals surface area contributed by atoms with Crippen LogP contribution in [0.4, 0.5) is 4.79 Å². The summed E-state index contributed by atoms with van der Waals surface area (Å²) in [6.07, 6.45) is -0.197. The monoisotopic (exact) mass is 463 g/mol. The summed E-state index contributed by atoms with van der Waals surface area (Å²) < 4.78 is 15.6. The quantitative estimate of drug-likeness (QED) is 0.522. The molecule has 0 aliphatic carbocycles. The first-order valence-corrected chi connectivity index (χ1v) is 10.0. The zero-order valence-electron chi connectivity index (χ0n) is 18.1. The molecule has 0 aliphatic rings. The van der Waals surface area contributed by atoms with Gasteiger partial charge >= 0.3 is 12.0 Å². The van der Waals surface area contributed by atoms with Crippen LogP contribution in [0, 0.1) is 0 Å². The SMILES string of the molecule is COc1ccc(CN(C)C(=O)COC(=O)CC(NC(N)=O)c2ccc(Cl)cc2)cc1OC. The third kappa shape index (κ3) is 7.35. The predicted molar refractivity (Wildman–Crippen MR) is 119 cm³/mol. The van der Waals surface area contributed by atoms with Crippen LogP contribution in [0.1, 0.15) is 23.6 Å². The van der Waals surface area contributed by atoms with E-state index in [1.54, 1.807) is 43.4 Å². The molecule has 0 heterocycles. The van der Waals surface area contributed by atoms with E-state index in [1.165, 1.54) is 19.1 Å². The second kappa shape index (κ2) is 11.8. The first kappa shape index (κ1) is 24.8. The van der Waals surface area contributed by atoms with Gasteiger partial charge in [-0.05, 0) is 35.4 Å². The van der Waals surface area contributed by atoms with Crippen LogP contribution in [0.15, 0.2) is 42.5 Å². The average molecular weight is 464 g/mol. The van der Waals surface area contributed by atoms with E-state index in [-0.39, 0.29) is 18.9 Å². The first-order valence-electron chi connectivity index (χ1n) is 9.65. The lowest BCUT2D eigenvalue weighted by Gasteiger charge is -2.20. The van der Waals surface area contributed by atoms with E-state index < -0.39 is 24.6 Å². The maximum Gasteiger partial charge on any atom is 0.312 e. The molecule has 2 rings (SSSR count). The number of methoxy groups -OCH3 is 2. The molecule has 1 unspecified atom stereocenters. The van der Waals surface area contributed by atoms with E-state index in [1.807, 2.05) is 6.07 Å². The molecule has 3 amide bonds. The van der Waals surface area contributed by atoms with Crippen LogP contribution >= 0.6 is 11.6 Å². The van der Waals surface area contributed by atoms with Crippen molar-refractivity contribution in [3.8, 4) is 11.5 Å². The molecule has 10 heteroatoms. The Hall–Kier alpha value is -3.46. The van der Waals surface area contributed by atoms with Gasteiger partial charge in [0.1, 0.15) is 0 Å². The molecule has 0 saturated heterocycles. The highest BCUT2D eigenvalue weighted by Crippen LogP contribution is 2.28. The molecule has 2 aromatic rings. The average Bonchev–Trinajstić information content (AvgIpc) is 2.77. The zero-order valence-corrected chi connectivity index (χ0v) is 18.8. The number of hydrogen-bond acceptors (Lipinski definition) is 6. The van der Waals surface area contributed by atoms with Crippen molar-refractivity contribution in [1.82, 2.24) is 10.2 Å². The summed E-state index contributed by atoms with van der Waals surface area (Å²) in [4.78, 5) is 37.4. The van der Waals surface area contributed by atoms with Crippen LogP contribution in [0.5, 0.6) is 11.5 Å². The zero-order chi connectivity index (χ0) is 23.7. The largest absolute Gasteiger partial charge is 0.493 e. The van der Waals surface area contributed by atoms with Gasteiger partial charge in [-0.15, -0.1) is 0 Å². The second-order valence-electron chi connectivity index (χ2n) is 6.92. The van der Waals surface area contributed by atoms with Crippen molar-refractivity contribution in [2.75, 3.05) is 27.9 Å². The summed E-state index contributed by atoms with van der Waals surface area (Å²) in [5.41, 5.74) is 6.65. The normalized spacial score (nSPS) is 11.2. The number of amides is 3. The molecular formula is C22H26ClN3O6. The van der Waals surface area contributed by atoms with Crippen LogP contribution in [-0.2, 0) is 20.9 Å². The summed E-state index contributed by atoms with van der Waals surface area (Å²) in [6, 6.07) is 10.4. The van der Waals surface area contributed by atoms with Gasteiger partial charge in [-0.2, -0.15) is 0 Å². The number of urea groups is 1. The molecule has 0 radical (unpaired) electrons. The summed E-state index contributed by atoms with van der Waals surface area (Å²) in [5, 5.41) is 3.00. The highest BCUT2D eigenvalue weighted by molar-refractivity contribution is 6.30. The molecule has 3 N–H and O–H groups in total. The minimum atomic E-state index is -0.788. The van der Waals surface area contributed by atoms with Crippen molar-refractivity contribution in [2.24, 2.45) is 5.73 Å². The number of nitrogens with two attached hydrogens (primary N) is 1. The van der Waals surface area contributed by atoms with Crippen molar-refractivity contribution in [2.45, 2.75) is 19.0 Å². The third-order valence-corrected chi connectivity index (χ3v) is 4.86. The van der Waals surface area contributed by atoms with Crippen LogP contribution in [0.3, 0.4) is 0 Å². The molecule has 172 valence electrons. The Morgan fingerprint density at radius 2 is 1.72 bits per heavy atom. The molecule has 0 aromatic heterocycles. The molecule has 0 bridgehead atoms. The standard InChI is InChI=1S/C22H26ClN3O6/c1-26(12-14-4-9-18(30-2)19(10-14)31-3)20(27)13-32-21(28)11-17(25-22(24)29)15-5-7-16(23)8-6-15/h4-10,17H,11-13H2,1-3H3,(H3,24,25,29). The number of hydrogen-bond donors (Lipinski definition) is 2. The molecule has 2 aromatic carbocycles. The smallest absolute Gasteiger partial charge is 0.312 e. The van der Waals surface area contributed by atoms with Crippen molar-refractivity contribution in [1.29, 1.82) is 0 Å². The lowest BCUT2D eigenvalue weighted by Crippen LogP contribution is -2.35. The third-order valence-electron chi connectivity index (χ3n) is 4.61. The number of esters is 1. The number of rotatable bonds is 10. The topological polar surface area (TPSA) is 120 Å². The Morgan fingerprint density at radius 1 is 1.06 bits per heavy atom. The number of benzene rings is 2. The van der Waals surface area contributed by atoms with Gasteiger partial charge in [0.05, 0.1) is 26.7 Å². The second-order valence-corrected chi connectivity index (χ2v) is 7.35. The van der Waals surface area contributed by atoms with Gasteiger partial charge in [-0.3, -0.25) is 9.59 Å². The number of likely N-dealkylation sites (N-methyl/N-ethyl adjacent to an activating group) is 1. The lowest BCUT2D eigenvalue weighted by atomic mass is 10.0. The summed E-state index contributed by atoms with van der Waals surface area (Å²) >= 11 is 5.87. The molecule has 0 aliphatic heterocycles. The van der Waals surface area contributed by atoms with Crippen LogP contribution < -0.4 is 20.5 Å². The number of nitrogens with zero attached hydrogens (tertiary/aromatic N) is 1.